The van der Waals surface area contributed by atoms with Gasteiger partial charge in [-0.25, -0.2) is 0 Å². The lowest BCUT2D eigenvalue weighted by Gasteiger charge is -2.37. The van der Waals surface area contributed by atoms with Crippen LogP contribution in [-0.2, 0) is 4.79 Å². The molecule has 4 heteroatoms. The molecule has 0 aromatic rings. The van der Waals surface area contributed by atoms with Crippen molar-refractivity contribution < 1.29 is 9.90 Å². The van der Waals surface area contributed by atoms with E-state index in [0.29, 0.717) is 0 Å². The van der Waals surface area contributed by atoms with Crippen molar-refractivity contribution in [1.29, 1.82) is 0 Å². The van der Waals surface area contributed by atoms with Gasteiger partial charge in [-0.05, 0) is 25.9 Å². The van der Waals surface area contributed by atoms with E-state index < -0.39 is 10.7 Å². The number of nitrogens with one attached hydrogen (secondary N) is 1. The van der Waals surface area contributed by atoms with Gasteiger partial charge in [0.25, 0.3) is 0 Å². The van der Waals surface area contributed by atoms with Crippen molar-refractivity contribution in [3.05, 3.63) is 0 Å². The molecule has 0 saturated carbocycles. The van der Waals surface area contributed by atoms with Gasteiger partial charge in [-0.2, -0.15) is 0 Å². The number of hydrogen-bond acceptors (Lipinski definition) is 3. The summed E-state index contributed by atoms with van der Waals surface area (Å²) < 4.78 is -0.556. The predicted octanol–water partition coefficient (Wildman–Crippen LogP) is 1.72. The summed E-state index contributed by atoms with van der Waals surface area (Å²) in [7, 11) is 0. The number of hydrogen-bond donors (Lipinski definition) is 2. The molecule has 0 amide bonds. The second-order valence-corrected chi connectivity index (χ2v) is 6.97. The van der Waals surface area contributed by atoms with Gasteiger partial charge in [-0.1, -0.05) is 20.8 Å². The zero-order valence-corrected chi connectivity index (χ0v) is 9.91. The number of piperidine rings is 1. The standard InChI is InChI=1S/C10H19NO2S/c1-9(2,3)14-10(8(12)13)4-6-11-7-5-10/h11H,4-7H2,1-3H3,(H,12,13). The Morgan fingerprint density at radius 3 is 2.21 bits per heavy atom. The largest absolute Gasteiger partial charge is 0.480 e. The summed E-state index contributed by atoms with van der Waals surface area (Å²) in [4.78, 5) is 11.3. The summed E-state index contributed by atoms with van der Waals surface area (Å²) in [6.45, 7) is 7.85. The lowest BCUT2D eigenvalue weighted by Crippen LogP contribution is -2.47. The van der Waals surface area contributed by atoms with E-state index in [-0.39, 0.29) is 4.75 Å². The van der Waals surface area contributed by atoms with Crippen molar-refractivity contribution in [2.24, 2.45) is 0 Å². The first-order chi connectivity index (χ1) is 6.36. The third-order valence-corrected chi connectivity index (χ3v) is 3.89. The molecule has 0 atom stereocenters. The molecular weight excluding hydrogens is 198 g/mol. The minimum atomic E-state index is -0.654. The molecule has 0 aromatic heterocycles. The first-order valence-electron chi connectivity index (χ1n) is 5.00. The molecule has 0 aromatic carbocycles. The summed E-state index contributed by atoms with van der Waals surface area (Å²) in [5.41, 5.74) is 0. The van der Waals surface area contributed by atoms with Gasteiger partial charge in [0.2, 0.25) is 0 Å². The van der Waals surface area contributed by atoms with Crippen LogP contribution in [0.2, 0.25) is 0 Å². The van der Waals surface area contributed by atoms with Crippen molar-refractivity contribution in [3.8, 4) is 0 Å². The molecule has 0 unspecified atom stereocenters. The van der Waals surface area contributed by atoms with Crippen LogP contribution in [0.3, 0.4) is 0 Å². The fraction of sp³-hybridized carbons (Fsp3) is 0.900. The van der Waals surface area contributed by atoms with Crippen LogP contribution in [0.25, 0.3) is 0 Å². The maximum absolute atomic E-state index is 11.3. The monoisotopic (exact) mass is 217 g/mol. The van der Waals surface area contributed by atoms with Crippen molar-refractivity contribution in [2.75, 3.05) is 13.1 Å². The smallest absolute Gasteiger partial charge is 0.319 e. The Labute approximate surface area is 89.6 Å². The Hall–Kier alpha value is -0.220. The average molecular weight is 217 g/mol. The Balaban J connectivity index is 2.76. The molecule has 0 bridgehead atoms. The van der Waals surface area contributed by atoms with Gasteiger partial charge in [0.05, 0.1) is 0 Å². The van der Waals surface area contributed by atoms with Gasteiger partial charge in [0, 0.05) is 4.75 Å². The molecule has 82 valence electrons. The zero-order chi connectivity index (χ0) is 10.8. The summed E-state index contributed by atoms with van der Waals surface area (Å²) in [5.74, 6) is -0.654. The number of rotatable bonds is 2. The lowest BCUT2D eigenvalue weighted by molar-refractivity contribution is -0.140. The predicted molar refractivity (Wildman–Crippen MR) is 59.8 cm³/mol. The van der Waals surface area contributed by atoms with Crippen molar-refractivity contribution in [1.82, 2.24) is 5.32 Å². The summed E-state index contributed by atoms with van der Waals surface area (Å²) in [6, 6.07) is 0. The summed E-state index contributed by atoms with van der Waals surface area (Å²) in [5, 5.41) is 12.5. The van der Waals surface area contributed by atoms with Gasteiger partial charge in [0.15, 0.2) is 0 Å². The molecule has 0 radical (unpaired) electrons. The van der Waals surface area contributed by atoms with E-state index in [1.54, 1.807) is 11.8 Å². The Morgan fingerprint density at radius 1 is 1.36 bits per heavy atom. The number of carboxylic acid groups (broad SMARTS) is 1. The second-order valence-electron chi connectivity index (χ2n) is 4.76. The minimum absolute atomic E-state index is 0.00965. The first-order valence-corrected chi connectivity index (χ1v) is 5.82. The molecule has 1 heterocycles. The molecule has 1 aliphatic rings. The maximum Gasteiger partial charge on any atom is 0.319 e. The minimum Gasteiger partial charge on any atom is -0.480 e. The van der Waals surface area contributed by atoms with Crippen molar-refractivity contribution >= 4 is 17.7 Å². The van der Waals surface area contributed by atoms with E-state index in [9.17, 15) is 9.90 Å². The Bertz CT molecular complexity index is 217. The summed E-state index contributed by atoms with van der Waals surface area (Å²) in [6.07, 6.45) is 1.45. The Kier molecular flexibility index (Phi) is 3.48. The number of carbonyl (C=O) groups is 1. The molecule has 1 rings (SSSR count). The normalized spacial score (nSPS) is 21.9. The van der Waals surface area contributed by atoms with Gasteiger partial charge in [-0.15, -0.1) is 11.8 Å². The highest BCUT2D eigenvalue weighted by Crippen LogP contribution is 2.42. The molecule has 0 spiro atoms. The lowest BCUT2D eigenvalue weighted by atomic mass is 9.97. The van der Waals surface area contributed by atoms with E-state index in [0.717, 1.165) is 25.9 Å². The van der Waals surface area contributed by atoms with E-state index >= 15 is 0 Å². The van der Waals surface area contributed by atoms with Crippen LogP contribution in [0.15, 0.2) is 0 Å². The SMILES string of the molecule is CC(C)(C)SC1(C(=O)O)CCNCC1. The highest BCUT2D eigenvalue weighted by molar-refractivity contribution is 8.02. The Morgan fingerprint density at radius 2 is 1.86 bits per heavy atom. The van der Waals surface area contributed by atoms with Gasteiger partial charge in [0.1, 0.15) is 4.75 Å². The fourth-order valence-electron chi connectivity index (χ4n) is 1.78. The van der Waals surface area contributed by atoms with Gasteiger partial charge in [-0.3, -0.25) is 4.79 Å². The van der Waals surface area contributed by atoms with Crippen LogP contribution in [0, 0.1) is 0 Å². The topological polar surface area (TPSA) is 49.3 Å². The van der Waals surface area contributed by atoms with E-state index in [2.05, 4.69) is 26.1 Å². The van der Waals surface area contributed by atoms with Gasteiger partial charge >= 0.3 is 5.97 Å². The van der Waals surface area contributed by atoms with Crippen LogP contribution in [0.5, 0.6) is 0 Å². The van der Waals surface area contributed by atoms with E-state index in [1.165, 1.54) is 0 Å². The average Bonchev–Trinajstić information content (AvgIpc) is 2.02. The molecule has 1 saturated heterocycles. The molecule has 1 aliphatic heterocycles. The van der Waals surface area contributed by atoms with Crippen molar-refractivity contribution in [3.63, 3.8) is 0 Å². The molecular formula is C10H19NO2S. The quantitative estimate of drug-likeness (QED) is 0.739. The molecule has 1 fully saturated rings. The van der Waals surface area contributed by atoms with Crippen LogP contribution < -0.4 is 5.32 Å². The second kappa shape index (κ2) is 4.11. The number of thioether (sulfide) groups is 1. The van der Waals surface area contributed by atoms with E-state index in [1.807, 2.05) is 0 Å². The number of aliphatic carboxylic acids is 1. The van der Waals surface area contributed by atoms with Gasteiger partial charge < -0.3 is 10.4 Å². The van der Waals surface area contributed by atoms with Crippen molar-refractivity contribution in [2.45, 2.75) is 43.1 Å². The third-order valence-electron chi connectivity index (χ3n) is 2.30. The third kappa shape index (κ3) is 2.89. The molecule has 0 aliphatic carbocycles. The zero-order valence-electron chi connectivity index (χ0n) is 9.09. The summed E-state index contributed by atoms with van der Waals surface area (Å²) >= 11 is 1.59. The first kappa shape index (κ1) is 11.9. The molecule has 2 N–H and O–H groups in total. The highest BCUT2D eigenvalue weighted by atomic mass is 32.2. The van der Waals surface area contributed by atoms with E-state index in [4.69, 9.17) is 0 Å². The van der Waals surface area contributed by atoms with Crippen LogP contribution >= 0.6 is 11.8 Å². The highest BCUT2D eigenvalue weighted by Gasteiger charge is 2.43. The number of carboxylic acids is 1. The maximum atomic E-state index is 11.3. The molecule has 3 nitrogen and oxygen atoms in total. The molecule has 14 heavy (non-hydrogen) atoms. The van der Waals surface area contributed by atoms with Crippen LogP contribution in [0.4, 0.5) is 0 Å². The van der Waals surface area contributed by atoms with Crippen LogP contribution in [0.1, 0.15) is 33.6 Å². The fourth-order valence-corrected chi connectivity index (χ4v) is 3.44. The van der Waals surface area contributed by atoms with Crippen LogP contribution in [-0.4, -0.2) is 33.7 Å².